The predicted molar refractivity (Wildman–Crippen MR) is 211 cm³/mol. The Hall–Kier alpha value is -5.12. The van der Waals surface area contributed by atoms with Crippen LogP contribution < -0.4 is 5.32 Å². The van der Waals surface area contributed by atoms with Crippen LogP contribution in [0.3, 0.4) is 0 Å². The monoisotopic (exact) mass is 748 g/mol. The van der Waals surface area contributed by atoms with Gasteiger partial charge in [-0.1, -0.05) is 60.7 Å². The Balaban J connectivity index is 0.725. The van der Waals surface area contributed by atoms with Gasteiger partial charge >= 0.3 is 0 Å². The molecule has 1 unspecified atom stereocenters. The highest BCUT2D eigenvalue weighted by molar-refractivity contribution is 6.23. The number of benzene rings is 4. The summed E-state index contributed by atoms with van der Waals surface area (Å²) in [6, 6.07) is 29.2. The van der Waals surface area contributed by atoms with Crippen LogP contribution in [-0.2, 0) is 29.1 Å². The molecule has 9 nitrogen and oxygen atoms in total. The fraction of sp³-hybridized carbons (Fsp3) is 0.404. The summed E-state index contributed by atoms with van der Waals surface area (Å²) in [5.41, 5.74) is 10.1. The van der Waals surface area contributed by atoms with Gasteiger partial charge in [-0.3, -0.25) is 34.3 Å². The number of phenols is 1. The number of carbonyl (C=O) groups excluding carboxylic acids is 4. The number of phenolic OH excluding ortho intramolecular Hbond substituents is 1. The first-order chi connectivity index (χ1) is 27.2. The van der Waals surface area contributed by atoms with Crippen molar-refractivity contribution in [2.45, 2.75) is 88.3 Å². The van der Waals surface area contributed by atoms with Crippen LogP contribution in [0.4, 0.5) is 0 Å². The lowest BCUT2D eigenvalue weighted by atomic mass is 9.64. The molecule has 4 aromatic carbocycles. The van der Waals surface area contributed by atoms with E-state index >= 15 is 0 Å². The second-order valence-electron chi connectivity index (χ2n) is 17.4. The van der Waals surface area contributed by atoms with Gasteiger partial charge in [0.15, 0.2) is 0 Å². The highest BCUT2D eigenvalue weighted by atomic mass is 16.3. The van der Waals surface area contributed by atoms with Crippen LogP contribution in [0.25, 0.3) is 0 Å². The first-order valence-electron chi connectivity index (χ1n) is 20.5. The zero-order valence-electron chi connectivity index (χ0n) is 31.7. The molecule has 286 valence electrons. The maximum atomic E-state index is 13.3. The molecule has 3 atom stereocenters. The number of carbonyl (C=O) groups is 4. The van der Waals surface area contributed by atoms with E-state index in [1.165, 1.54) is 53.5 Å². The number of piperidine rings is 1. The average Bonchev–Trinajstić information content (AvgIpc) is 3.71. The maximum Gasteiger partial charge on any atom is 0.262 e. The number of nitrogens with zero attached hydrogens (tertiary/aromatic N) is 3. The molecule has 4 aromatic rings. The third-order valence-corrected chi connectivity index (χ3v) is 14.0. The molecular weight excluding hydrogens is 701 g/mol. The largest absolute Gasteiger partial charge is 0.508 e. The van der Waals surface area contributed by atoms with Crippen LogP contribution in [0.15, 0.2) is 84.9 Å². The Labute approximate surface area is 327 Å². The second-order valence-corrected chi connectivity index (χ2v) is 17.4. The molecule has 3 fully saturated rings. The van der Waals surface area contributed by atoms with E-state index in [2.05, 4.69) is 75.8 Å². The van der Waals surface area contributed by atoms with Crippen LogP contribution in [0.2, 0.25) is 0 Å². The van der Waals surface area contributed by atoms with E-state index in [0.717, 1.165) is 68.1 Å². The summed E-state index contributed by atoms with van der Waals surface area (Å²) < 4.78 is 0. The van der Waals surface area contributed by atoms with Gasteiger partial charge in [0.1, 0.15) is 11.8 Å². The molecule has 4 heterocycles. The second kappa shape index (κ2) is 13.8. The quantitative estimate of drug-likeness (QED) is 0.204. The molecule has 2 aliphatic carbocycles. The Morgan fingerprint density at radius 1 is 0.661 bits per heavy atom. The maximum absolute atomic E-state index is 13.3. The third-order valence-electron chi connectivity index (χ3n) is 14.0. The number of imide groups is 2. The highest BCUT2D eigenvalue weighted by Gasteiger charge is 2.47. The van der Waals surface area contributed by atoms with E-state index in [-0.39, 0.29) is 24.7 Å². The van der Waals surface area contributed by atoms with Gasteiger partial charge in [-0.25, -0.2) is 0 Å². The zero-order valence-corrected chi connectivity index (χ0v) is 31.7. The number of amides is 4. The number of nitrogens with one attached hydrogen (secondary N) is 1. The molecule has 4 amide bonds. The molecule has 1 spiro atoms. The van der Waals surface area contributed by atoms with Crippen molar-refractivity contribution in [2.75, 3.05) is 26.2 Å². The van der Waals surface area contributed by atoms with Gasteiger partial charge in [0.25, 0.3) is 11.8 Å². The predicted octanol–water partition coefficient (Wildman–Crippen LogP) is 6.63. The molecule has 0 aromatic heterocycles. The Bertz CT molecular complexity index is 2190. The normalized spacial score (nSPS) is 24.9. The van der Waals surface area contributed by atoms with Gasteiger partial charge < -0.3 is 10.0 Å². The first-order valence-corrected chi connectivity index (χ1v) is 20.5. The minimum absolute atomic E-state index is 0.115. The van der Waals surface area contributed by atoms with Gasteiger partial charge in [-0.05, 0) is 125 Å². The van der Waals surface area contributed by atoms with Gasteiger partial charge in [0.05, 0.1) is 11.1 Å². The molecule has 56 heavy (non-hydrogen) atoms. The fourth-order valence-electron chi connectivity index (χ4n) is 11.1. The fourth-order valence-corrected chi connectivity index (χ4v) is 11.1. The summed E-state index contributed by atoms with van der Waals surface area (Å²) in [4.78, 5) is 56.7. The van der Waals surface area contributed by atoms with Gasteiger partial charge in [-0.15, -0.1) is 0 Å². The topological polar surface area (TPSA) is 110 Å². The average molecular weight is 749 g/mol. The van der Waals surface area contributed by atoms with E-state index in [1.54, 1.807) is 0 Å². The van der Waals surface area contributed by atoms with Gasteiger partial charge in [0.2, 0.25) is 11.8 Å². The van der Waals surface area contributed by atoms with Crippen molar-refractivity contribution in [1.82, 2.24) is 20.0 Å². The van der Waals surface area contributed by atoms with Crippen LogP contribution in [0, 0.1) is 5.41 Å². The number of aromatic hydroxyl groups is 1. The summed E-state index contributed by atoms with van der Waals surface area (Å²) in [5.74, 6) is -0.201. The number of aryl methyl sites for hydroxylation is 1. The van der Waals surface area contributed by atoms with Crippen molar-refractivity contribution in [3.05, 3.63) is 135 Å². The summed E-state index contributed by atoms with van der Waals surface area (Å²) in [7, 11) is 0. The van der Waals surface area contributed by atoms with E-state index in [9.17, 15) is 24.3 Å². The molecular formula is C47H48N4O5. The number of hydrogen-bond acceptors (Lipinski definition) is 7. The van der Waals surface area contributed by atoms with Crippen LogP contribution in [0.1, 0.15) is 122 Å². The van der Waals surface area contributed by atoms with Crippen molar-refractivity contribution in [2.24, 2.45) is 5.41 Å². The van der Waals surface area contributed by atoms with Crippen molar-refractivity contribution in [3.63, 3.8) is 0 Å². The van der Waals surface area contributed by atoms with Crippen LogP contribution >= 0.6 is 0 Å². The summed E-state index contributed by atoms with van der Waals surface area (Å²) in [5, 5.41) is 12.5. The van der Waals surface area contributed by atoms with E-state index in [0.29, 0.717) is 34.1 Å². The third kappa shape index (κ3) is 6.16. The SMILES string of the molecule is O=C1CCC(N2C(=O)c3cc4c(cc3C2=O)CN(CCN2CC3(CCC(c5ccc([C@@H]6c7ccc(O)cc7CC[C@@H]6c6ccccc6)cc5)CC3)C2)C4)C(=O)N1. The molecule has 0 radical (unpaired) electrons. The van der Waals surface area contributed by atoms with Crippen molar-refractivity contribution in [1.29, 1.82) is 0 Å². The van der Waals surface area contributed by atoms with E-state index < -0.39 is 23.8 Å². The highest BCUT2D eigenvalue weighted by Crippen LogP contribution is 2.50. The Kier molecular flexibility index (Phi) is 8.71. The molecule has 2 N–H and O–H groups in total. The lowest BCUT2D eigenvalue weighted by molar-refractivity contribution is -0.136. The zero-order chi connectivity index (χ0) is 38.1. The molecule has 6 aliphatic rings. The molecule has 10 rings (SSSR count). The van der Waals surface area contributed by atoms with Crippen molar-refractivity contribution >= 4 is 23.6 Å². The first kappa shape index (κ1) is 35.3. The van der Waals surface area contributed by atoms with E-state index in [1.807, 2.05) is 24.3 Å². The van der Waals surface area contributed by atoms with Gasteiger partial charge in [0, 0.05) is 51.6 Å². The molecule has 1 saturated carbocycles. The standard InChI is InChI=1S/C47H48N4O5/c52-36-11-13-38-33(22-36)10-12-37(31-4-2-1-3-5-31)43(38)32-8-6-29(7-9-32)30-16-18-47(19-17-30)27-50(28-47)21-20-49-25-34-23-39-40(24-35(34)26-49)46(56)51(45(39)55)41-14-15-42(53)48-44(41)54/h1-9,11,13,22-24,30,37,41,43,52H,10,12,14-21,25-28H2,(H,48,53,54)/t37-,41?,43+/m1/s1. The number of fused-ring (bicyclic) bond motifs is 3. The Morgan fingerprint density at radius 2 is 1.32 bits per heavy atom. The lowest BCUT2D eigenvalue weighted by Gasteiger charge is -2.54. The minimum atomic E-state index is -0.940. The number of rotatable bonds is 7. The summed E-state index contributed by atoms with van der Waals surface area (Å²) in [6.07, 6.45) is 7.33. The van der Waals surface area contributed by atoms with Crippen molar-refractivity contribution < 1.29 is 24.3 Å². The molecule has 9 heteroatoms. The van der Waals surface area contributed by atoms with Gasteiger partial charge in [-0.2, -0.15) is 0 Å². The van der Waals surface area contributed by atoms with Crippen LogP contribution in [0.5, 0.6) is 5.75 Å². The molecule has 2 saturated heterocycles. The minimum Gasteiger partial charge on any atom is -0.508 e. The van der Waals surface area contributed by atoms with Crippen LogP contribution in [-0.4, -0.2) is 75.7 Å². The summed E-state index contributed by atoms with van der Waals surface area (Å²) in [6.45, 7) is 5.74. The number of hydrogen-bond donors (Lipinski definition) is 2. The summed E-state index contributed by atoms with van der Waals surface area (Å²) >= 11 is 0. The number of likely N-dealkylation sites (tertiary alicyclic amines) is 1. The lowest BCUT2D eigenvalue weighted by Crippen LogP contribution is -2.58. The van der Waals surface area contributed by atoms with E-state index in [4.69, 9.17) is 0 Å². The Morgan fingerprint density at radius 3 is 2.00 bits per heavy atom. The smallest absolute Gasteiger partial charge is 0.262 e. The van der Waals surface area contributed by atoms with Crippen molar-refractivity contribution in [3.8, 4) is 5.75 Å². The molecule has 4 aliphatic heterocycles. The molecule has 0 bridgehead atoms.